The van der Waals surface area contributed by atoms with Crippen LogP contribution >= 0.6 is 0 Å². The van der Waals surface area contributed by atoms with Gasteiger partial charge in [-0.25, -0.2) is 0 Å². The molecule has 0 aromatic heterocycles. The molecule has 1 aromatic carbocycles. The van der Waals surface area contributed by atoms with Gasteiger partial charge in [-0.3, -0.25) is 0 Å². The summed E-state index contributed by atoms with van der Waals surface area (Å²) in [5.74, 6) is 2.50. The molecule has 0 bridgehead atoms. The first-order valence-corrected chi connectivity index (χ1v) is 6.79. The van der Waals surface area contributed by atoms with Gasteiger partial charge < -0.3 is 10.1 Å². The van der Waals surface area contributed by atoms with Crippen LogP contribution in [0.4, 0.5) is 0 Å². The van der Waals surface area contributed by atoms with E-state index in [9.17, 15) is 0 Å². The summed E-state index contributed by atoms with van der Waals surface area (Å²) < 4.78 is 5.63. The first kappa shape index (κ1) is 11.1. The van der Waals surface area contributed by atoms with Gasteiger partial charge in [-0.05, 0) is 54.9 Å². The maximum atomic E-state index is 5.63. The van der Waals surface area contributed by atoms with E-state index >= 15 is 0 Å². The Balaban J connectivity index is 1.96. The smallest absolute Gasteiger partial charge is 0.119 e. The Morgan fingerprint density at radius 1 is 1.29 bits per heavy atom. The molecule has 1 aliphatic carbocycles. The summed E-state index contributed by atoms with van der Waals surface area (Å²) in [6.45, 7) is 6.20. The van der Waals surface area contributed by atoms with Crippen molar-refractivity contribution in [2.45, 2.75) is 38.6 Å². The molecule has 3 rings (SSSR count). The molecule has 92 valence electrons. The summed E-state index contributed by atoms with van der Waals surface area (Å²) in [4.78, 5) is 0. The van der Waals surface area contributed by atoms with Crippen molar-refractivity contribution < 1.29 is 4.74 Å². The van der Waals surface area contributed by atoms with Gasteiger partial charge in [0.15, 0.2) is 0 Å². The maximum absolute atomic E-state index is 5.63. The van der Waals surface area contributed by atoms with Crippen LogP contribution < -0.4 is 10.1 Å². The minimum absolute atomic E-state index is 0.571. The molecule has 17 heavy (non-hydrogen) atoms. The lowest BCUT2D eigenvalue weighted by Crippen LogP contribution is -2.33. The molecule has 0 radical (unpaired) electrons. The van der Waals surface area contributed by atoms with E-state index in [0.717, 1.165) is 24.8 Å². The highest BCUT2D eigenvalue weighted by Gasteiger charge is 2.36. The predicted octanol–water partition coefficient (Wildman–Crippen LogP) is 3.24. The highest BCUT2D eigenvalue weighted by molar-refractivity contribution is 5.42. The van der Waals surface area contributed by atoms with E-state index in [1.165, 1.54) is 24.0 Å². The normalized spacial score (nSPS) is 27.6. The zero-order valence-corrected chi connectivity index (χ0v) is 10.7. The Morgan fingerprint density at radius 2 is 2.12 bits per heavy atom. The standard InChI is InChI=1S/C15H21NO/c1-3-17-12-6-7-13-10(2)9-16-15(11-4-5-11)14(13)8-12/h6-8,10-11,15-16H,3-5,9H2,1-2H3. The predicted molar refractivity (Wildman–Crippen MR) is 69.5 cm³/mol. The highest BCUT2D eigenvalue weighted by Crippen LogP contribution is 2.45. The lowest BCUT2D eigenvalue weighted by Gasteiger charge is -2.31. The number of ether oxygens (including phenoxy) is 1. The molecular weight excluding hydrogens is 210 g/mol. The van der Waals surface area contributed by atoms with E-state index < -0.39 is 0 Å². The van der Waals surface area contributed by atoms with Crippen LogP contribution in [0.1, 0.15) is 49.8 Å². The van der Waals surface area contributed by atoms with Crippen molar-refractivity contribution >= 4 is 0 Å². The Hall–Kier alpha value is -1.02. The van der Waals surface area contributed by atoms with Crippen LogP contribution in [0.15, 0.2) is 18.2 Å². The second kappa shape index (κ2) is 4.34. The highest BCUT2D eigenvalue weighted by atomic mass is 16.5. The minimum Gasteiger partial charge on any atom is -0.494 e. The third kappa shape index (κ3) is 2.06. The monoisotopic (exact) mass is 231 g/mol. The third-order valence-electron chi connectivity index (χ3n) is 3.97. The molecule has 2 nitrogen and oxygen atoms in total. The lowest BCUT2D eigenvalue weighted by atomic mass is 9.85. The van der Waals surface area contributed by atoms with E-state index in [4.69, 9.17) is 4.74 Å². The largest absolute Gasteiger partial charge is 0.494 e. The minimum atomic E-state index is 0.571. The zero-order chi connectivity index (χ0) is 11.8. The van der Waals surface area contributed by atoms with Crippen molar-refractivity contribution in [3.05, 3.63) is 29.3 Å². The summed E-state index contributed by atoms with van der Waals surface area (Å²) in [6.07, 6.45) is 2.76. The van der Waals surface area contributed by atoms with Gasteiger partial charge in [-0.15, -0.1) is 0 Å². The van der Waals surface area contributed by atoms with Crippen molar-refractivity contribution in [1.29, 1.82) is 0 Å². The average Bonchev–Trinajstić information content (AvgIpc) is 3.14. The molecule has 1 N–H and O–H groups in total. The number of nitrogens with one attached hydrogen (secondary N) is 1. The van der Waals surface area contributed by atoms with Gasteiger partial charge in [0.1, 0.15) is 5.75 Å². The molecule has 1 saturated carbocycles. The first-order chi connectivity index (χ1) is 8.29. The van der Waals surface area contributed by atoms with Crippen molar-refractivity contribution in [3.8, 4) is 5.75 Å². The van der Waals surface area contributed by atoms with Gasteiger partial charge in [0.25, 0.3) is 0 Å². The van der Waals surface area contributed by atoms with Crippen LogP contribution in [-0.2, 0) is 0 Å². The Labute approximate surface area is 103 Å². The van der Waals surface area contributed by atoms with Crippen molar-refractivity contribution in [2.24, 2.45) is 5.92 Å². The summed E-state index contributed by atoms with van der Waals surface area (Å²) >= 11 is 0. The fourth-order valence-corrected chi connectivity index (χ4v) is 2.90. The Kier molecular flexibility index (Phi) is 2.83. The van der Waals surface area contributed by atoms with E-state index in [0.29, 0.717) is 12.0 Å². The number of hydrogen-bond donors (Lipinski definition) is 1. The molecule has 1 heterocycles. The van der Waals surface area contributed by atoms with E-state index in [1.807, 2.05) is 6.92 Å². The fraction of sp³-hybridized carbons (Fsp3) is 0.600. The summed E-state index contributed by atoms with van der Waals surface area (Å²) in [5, 5.41) is 3.70. The van der Waals surface area contributed by atoms with Crippen molar-refractivity contribution in [2.75, 3.05) is 13.2 Å². The second-order valence-corrected chi connectivity index (χ2v) is 5.35. The van der Waals surface area contributed by atoms with Crippen LogP contribution in [0.2, 0.25) is 0 Å². The van der Waals surface area contributed by atoms with Gasteiger partial charge in [0.05, 0.1) is 6.61 Å². The maximum Gasteiger partial charge on any atom is 0.119 e. The van der Waals surface area contributed by atoms with Gasteiger partial charge in [-0.2, -0.15) is 0 Å². The molecule has 2 heteroatoms. The van der Waals surface area contributed by atoms with Gasteiger partial charge in [0, 0.05) is 12.6 Å². The second-order valence-electron chi connectivity index (χ2n) is 5.35. The SMILES string of the molecule is CCOc1ccc2c(c1)C(C1CC1)NCC2C. The Morgan fingerprint density at radius 3 is 2.82 bits per heavy atom. The molecular formula is C15H21NO. The van der Waals surface area contributed by atoms with Crippen molar-refractivity contribution in [1.82, 2.24) is 5.32 Å². The third-order valence-corrected chi connectivity index (χ3v) is 3.97. The lowest BCUT2D eigenvalue weighted by molar-refractivity contribution is 0.337. The molecule has 2 atom stereocenters. The zero-order valence-electron chi connectivity index (χ0n) is 10.7. The van der Waals surface area contributed by atoms with E-state index in [-0.39, 0.29) is 0 Å². The van der Waals surface area contributed by atoms with Crippen molar-refractivity contribution in [3.63, 3.8) is 0 Å². The van der Waals surface area contributed by atoms with Crippen LogP contribution in [-0.4, -0.2) is 13.2 Å². The van der Waals surface area contributed by atoms with Crippen LogP contribution in [0, 0.1) is 5.92 Å². The van der Waals surface area contributed by atoms with E-state index in [2.05, 4.69) is 30.4 Å². The van der Waals surface area contributed by atoms with Crippen LogP contribution in [0.25, 0.3) is 0 Å². The van der Waals surface area contributed by atoms with Crippen LogP contribution in [0.5, 0.6) is 5.75 Å². The molecule has 2 unspecified atom stereocenters. The molecule has 1 aromatic rings. The van der Waals surface area contributed by atoms with Crippen LogP contribution in [0.3, 0.4) is 0 Å². The Bertz CT molecular complexity index is 411. The molecule has 0 saturated heterocycles. The molecule has 1 aliphatic heterocycles. The summed E-state index contributed by atoms with van der Waals surface area (Å²) in [5.41, 5.74) is 3.00. The number of hydrogen-bond acceptors (Lipinski definition) is 2. The summed E-state index contributed by atoms with van der Waals surface area (Å²) in [6, 6.07) is 7.21. The van der Waals surface area contributed by atoms with Gasteiger partial charge in [0.2, 0.25) is 0 Å². The summed E-state index contributed by atoms with van der Waals surface area (Å²) in [7, 11) is 0. The topological polar surface area (TPSA) is 21.3 Å². The fourth-order valence-electron chi connectivity index (χ4n) is 2.90. The molecule has 2 aliphatic rings. The molecule has 0 amide bonds. The van der Waals surface area contributed by atoms with E-state index in [1.54, 1.807) is 0 Å². The quantitative estimate of drug-likeness (QED) is 0.862. The first-order valence-electron chi connectivity index (χ1n) is 6.79. The van der Waals surface area contributed by atoms with Gasteiger partial charge in [-0.1, -0.05) is 13.0 Å². The number of fused-ring (bicyclic) bond motifs is 1. The molecule has 1 fully saturated rings. The average molecular weight is 231 g/mol. The molecule has 0 spiro atoms. The number of rotatable bonds is 3. The number of benzene rings is 1. The van der Waals surface area contributed by atoms with Gasteiger partial charge >= 0.3 is 0 Å².